The van der Waals surface area contributed by atoms with Crippen molar-refractivity contribution in [3.8, 4) is 0 Å². The maximum absolute atomic E-state index is 12.7. The average molecular weight is 585 g/mol. The number of rotatable bonds is 7. The van der Waals surface area contributed by atoms with Gasteiger partial charge in [0.1, 0.15) is 5.78 Å². The first-order valence-electron chi connectivity index (χ1n) is 15.8. The zero-order valence-corrected chi connectivity index (χ0v) is 26.0. The monoisotopic (exact) mass is 584 g/mol. The first kappa shape index (κ1) is 29.2. The van der Waals surface area contributed by atoms with Crippen molar-refractivity contribution in [1.82, 2.24) is 5.32 Å². The third-order valence-electron chi connectivity index (χ3n) is 11.4. The van der Waals surface area contributed by atoms with Crippen LogP contribution < -0.4 is 10.6 Å². The standard InChI is InChI=1S/C36H44N2O3S/c1-23(39)29-13-14-30-33-31(16-19-36(29,30)3)35(2)18-15-27(40)21-25(35)22-32(33)42-28-11-9-26(10-12-28)38-34(41)37-20-17-24-7-5-4-6-8-24/h4-12,21,29-33H,13-20,22H2,1-3H3,(H2,37,38,41)/t29-,30+,31+,32-,33+,35+,36-/m1/s1. The molecule has 0 unspecified atom stereocenters. The molecule has 0 saturated heterocycles. The molecule has 0 bridgehead atoms. The summed E-state index contributed by atoms with van der Waals surface area (Å²) >= 11 is 1.94. The van der Waals surface area contributed by atoms with E-state index < -0.39 is 0 Å². The van der Waals surface area contributed by atoms with Crippen LogP contribution in [0.5, 0.6) is 0 Å². The number of benzene rings is 2. The van der Waals surface area contributed by atoms with E-state index in [4.69, 9.17) is 0 Å². The highest BCUT2D eigenvalue weighted by molar-refractivity contribution is 8.00. The Balaban J connectivity index is 1.17. The molecule has 0 heterocycles. The molecule has 4 aliphatic carbocycles. The van der Waals surface area contributed by atoms with Crippen LogP contribution in [0.4, 0.5) is 10.5 Å². The van der Waals surface area contributed by atoms with Gasteiger partial charge in [-0.25, -0.2) is 4.79 Å². The lowest BCUT2D eigenvalue weighted by Gasteiger charge is -2.60. The van der Waals surface area contributed by atoms with Crippen molar-refractivity contribution in [2.75, 3.05) is 11.9 Å². The SMILES string of the molecule is CC(=O)[C@H]1CC[C@H]2[C@@H]3[C@H](Sc4ccc(NC(=O)NCCc5ccccc5)cc4)CC4=CC(=O)CC[C@]4(C)[C@H]3CC[C@]12C. The maximum Gasteiger partial charge on any atom is 0.319 e. The summed E-state index contributed by atoms with van der Waals surface area (Å²) in [4.78, 5) is 38.9. The number of amides is 2. The van der Waals surface area contributed by atoms with E-state index in [-0.39, 0.29) is 28.6 Å². The van der Waals surface area contributed by atoms with Crippen LogP contribution in [0.3, 0.4) is 0 Å². The molecular formula is C36H44N2O3S. The number of urea groups is 1. The molecule has 3 saturated carbocycles. The minimum Gasteiger partial charge on any atom is -0.338 e. The summed E-state index contributed by atoms with van der Waals surface area (Å²) in [6.45, 7) is 7.20. The van der Waals surface area contributed by atoms with Crippen molar-refractivity contribution in [2.45, 2.75) is 82.3 Å². The fourth-order valence-electron chi connectivity index (χ4n) is 9.22. The molecule has 6 rings (SSSR count). The molecule has 222 valence electrons. The quantitative estimate of drug-likeness (QED) is 0.347. The molecule has 2 aromatic rings. The molecule has 3 fully saturated rings. The normalized spacial score (nSPS) is 33.5. The Bertz CT molecular complexity index is 1370. The van der Waals surface area contributed by atoms with E-state index in [0.717, 1.165) is 50.6 Å². The molecule has 0 radical (unpaired) electrons. The first-order chi connectivity index (χ1) is 20.2. The van der Waals surface area contributed by atoms with Gasteiger partial charge >= 0.3 is 6.03 Å². The number of anilines is 1. The summed E-state index contributed by atoms with van der Waals surface area (Å²) in [6, 6.07) is 18.1. The number of allylic oxidation sites excluding steroid dienone is 1. The Hall–Kier alpha value is -2.86. The van der Waals surface area contributed by atoms with Crippen LogP contribution in [-0.2, 0) is 16.0 Å². The topological polar surface area (TPSA) is 75.3 Å². The number of nitrogens with one attached hydrogen (secondary N) is 2. The van der Waals surface area contributed by atoms with Gasteiger partial charge in [-0.3, -0.25) is 9.59 Å². The van der Waals surface area contributed by atoms with Gasteiger partial charge in [-0.15, -0.1) is 11.8 Å². The first-order valence-corrected chi connectivity index (χ1v) is 16.7. The summed E-state index contributed by atoms with van der Waals surface area (Å²) in [5.74, 6) is 2.44. The van der Waals surface area contributed by atoms with Crippen LogP contribution in [0.25, 0.3) is 0 Å². The number of carbonyl (C=O) groups is 3. The molecule has 2 aromatic carbocycles. The van der Waals surface area contributed by atoms with Crippen LogP contribution in [0.1, 0.15) is 71.3 Å². The zero-order chi connectivity index (χ0) is 29.5. The Morgan fingerprint density at radius 3 is 2.45 bits per heavy atom. The lowest BCUT2D eigenvalue weighted by Crippen LogP contribution is -2.55. The number of ketones is 2. The molecule has 0 aliphatic heterocycles. The van der Waals surface area contributed by atoms with E-state index in [1.165, 1.54) is 16.0 Å². The summed E-state index contributed by atoms with van der Waals surface area (Å²) in [6.07, 6.45) is 9.75. The Morgan fingerprint density at radius 2 is 1.71 bits per heavy atom. The van der Waals surface area contributed by atoms with Gasteiger partial charge in [-0.1, -0.05) is 49.8 Å². The molecule has 2 N–H and O–H groups in total. The van der Waals surface area contributed by atoms with Gasteiger partial charge in [0, 0.05) is 34.7 Å². The van der Waals surface area contributed by atoms with Gasteiger partial charge in [0.05, 0.1) is 0 Å². The van der Waals surface area contributed by atoms with Crippen molar-refractivity contribution >= 4 is 35.0 Å². The highest BCUT2D eigenvalue weighted by atomic mass is 32.2. The Kier molecular flexibility index (Phi) is 8.12. The molecular weight excluding hydrogens is 540 g/mol. The number of carbonyl (C=O) groups excluding carboxylic acids is 3. The second-order valence-electron chi connectivity index (χ2n) is 13.6. The van der Waals surface area contributed by atoms with Crippen molar-refractivity contribution in [3.63, 3.8) is 0 Å². The number of thioether (sulfide) groups is 1. The van der Waals surface area contributed by atoms with Crippen LogP contribution >= 0.6 is 11.8 Å². The molecule has 5 nitrogen and oxygen atoms in total. The summed E-state index contributed by atoms with van der Waals surface area (Å²) in [5.41, 5.74) is 3.50. The van der Waals surface area contributed by atoms with Gasteiger partial charge in [0.2, 0.25) is 0 Å². The van der Waals surface area contributed by atoms with E-state index in [1.807, 2.05) is 48.2 Å². The predicted molar refractivity (Wildman–Crippen MR) is 170 cm³/mol. The number of fused-ring (bicyclic) bond motifs is 5. The second kappa shape index (κ2) is 11.7. The Labute approximate surface area is 254 Å². The predicted octanol–water partition coefficient (Wildman–Crippen LogP) is 7.86. The number of hydrogen-bond donors (Lipinski definition) is 2. The van der Waals surface area contributed by atoms with Gasteiger partial charge in [0.15, 0.2) is 5.78 Å². The minimum atomic E-state index is -0.197. The van der Waals surface area contributed by atoms with E-state index in [0.29, 0.717) is 41.8 Å². The van der Waals surface area contributed by atoms with Gasteiger partial charge < -0.3 is 10.6 Å². The van der Waals surface area contributed by atoms with E-state index >= 15 is 0 Å². The molecule has 7 atom stereocenters. The third-order valence-corrected chi connectivity index (χ3v) is 12.7. The number of hydrogen-bond acceptors (Lipinski definition) is 4. The van der Waals surface area contributed by atoms with Crippen molar-refractivity contribution < 1.29 is 14.4 Å². The van der Waals surface area contributed by atoms with Crippen LogP contribution in [0.15, 0.2) is 71.1 Å². The van der Waals surface area contributed by atoms with Crippen molar-refractivity contribution in [3.05, 3.63) is 71.8 Å². The van der Waals surface area contributed by atoms with Crippen molar-refractivity contribution in [1.29, 1.82) is 0 Å². The molecule has 2 amide bonds. The number of Topliss-reactive ketones (excluding diaryl/α,β-unsaturated/α-hetero) is 1. The lowest BCUT2D eigenvalue weighted by atomic mass is 9.46. The third kappa shape index (κ3) is 5.47. The molecule has 42 heavy (non-hydrogen) atoms. The summed E-state index contributed by atoms with van der Waals surface area (Å²) in [5, 5.41) is 6.28. The maximum atomic E-state index is 12.7. The highest BCUT2D eigenvalue weighted by Gasteiger charge is 2.62. The summed E-state index contributed by atoms with van der Waals surface area (Å²) in [7, 11) is 0. The smallest absolute Gasteiger partial charge is 0.319 e. The molecule has 6 heteroatoms. The van der Waals surface area contributed by atoms with Crippen LogP contribution in [0.2, 0.25) is 0 Å². The average Bonchev–Trinajstić information content (AvgIpc) is 3.33. The lowest BCUT2D eigenvalue weighted by molar-refractivity contribution is -0.128. The molecule has 0 spiro atoms. The van der Waals surface area contributed by atoms with Gasteiger partial charge in [0.25, 0.3) is 0 Å². The summed E-state index contributed by atoms with van der Waals surface area (Å²) < 4.78 is 0. The molecule has 0 aromatic heterocycles. The fraction of sp³-hybridized carbons (Fsp3) is 0.528. The van der Waals surface area contributed by atoms with E-state index in [1.54, 1.807) is 6.92 Å². The highest BCUT2D eigenvalue weighted by Crippen LogP contribution is 2.68. The largest absolute Gasteiger partial charge is 0.338 e. The van der Waals surface area contributed by atoms with Crippen LogP contribution in [0, 0.1) is 34.5 Å². The zero-order valence-electron chi connectivity index (χ0n) is 25.2. The van der Waals surface area contributed by atoms with Crippen molar-refractivity contribution in [2.24, 2.45) is 34.5 Å². The Morgan fingerprint density at radius 1 is 0.952 bits per heavy atom. The molecule has 4 aliphatic rings. The second-order valence-corrected chi connectivity index (χ2v) is 14.9. The minimum absolute atomic E-state index is 0.0789. The fourth-order valence-corrected chi connectivity index (χ4v) is 10.7. The van der Waals surface area contributed by atoms with Gasteiger partial charge in [-0.05, 0) is 116 Å². The van der Waals surface area contributed by atoms with E-state index in [2.05, 4.69) is 48.7 Å². The van der Waals surface area contributed by atoms with E-state index in [9.17, 15) is 14.4 Å². The van der Waals surface area contributed by atoms with Crippen LogP contribution in [-0.4, -0.2) is 29.4 Å². The van der Waals surface area contributed by atoms with Gasteiger partial charge in [-0.2, -0.15) is 0 Å².